The summed E-state index contributed by atoms with van der Waals surface area (Å²) in [6.45, 7) is 8.97. The summed E-state index contributed by atoms with van der Waals surface area (Å²) in [5.41, 5.74) is 0. The fourth-order valence-corrected chi connectivity index (χ4v) is 3.40. The Labute approximate surface area is 118 Å². The van der Waals surface area contributed by atoms with Crippen molar-refractivity contribution in [3.05, 3.63) is 0 Å². The zero-order chi connectivity index (χ0) is 14.5. The molecule has 0 spiro atoms. The summed E-state index contributed by atoms with van der Waals surface area (Å²) in [4.78, 5) is 2.27. The van der Waals surface area contributed by atoms with Crippen LogP contribution in [0.3, 0.4) is 0 Å². The molecule has 2 unspecified atom stereocenters. The number of rotatable bonds is 7. The maximum Gasteiger partial charge on any atom is 0.215 e. The highest BCUT2D eigenvalue weighted by Crippen LogP contribution is 2.14. The van der Waals surface area contributed by atoms with Gasteiger partial charge in [-0.2, -0.15) is 0 Å². The van der Waals surface area contributed by atoms with Crippen LogP contribution in [0.2, 0.25) is 0 Å². The Balaban J connectivity index is 2.37. The predicted molar refractivity (Wildman–Crippen MR) is 79.7 cm³/mol. The van der Waals surface area contributed by atoms with Gasteiger partial charge in [-0.05, 0) is 39.3 Å². The van der Waals surface area contributed by atoms with E-state index in [-0.39, 0.29) is 0 Å². The van der Waals surface area contributed by atoms with Crippen LogP contribution in [0.15, 0.2) is 0 Å². The lowest BCUT2D eigenvalue weighted by atomic mass is 9.99. The van der Waals surface area contributed by atoms with Gasteiger partial charge in [-0.15, -0.1) is 0 Å². The number of likely N-dealkylation sites (tertiary alicyclic amines) is 1. The maximum atomic E-state index is 12.1. The number of hydrogen-bond donors (Lipinski definition) is 2. The second kappa shape index (κ2) is 7.57. The fraction of sp³-hybridized carbons (Fsp3) is 1.00. The molecule has 0 aliphatic carbocycles. The van der Waals surface area contributed by atoms with Gasteiger partial charge in [0.15, 0.2) is 0 Å². The van der Waals surface area contributed by atoms with Gasteiger partial charge in [0.2, 0.25) is 10.0 Å². The summed E-state index contributed by atoms with van der Waals surface area (Å²) >= 11 is 0. The second-order valence-electron chi connectivity index (χ2n) is 6.04. The van der Waals surface area contributed by atoms with Crippen LogP contribution in [0.1, 0.15) is 33.6 Å². The van der Waals surface area contributed by atoms with Gasteiger partial charge in [-0.25, -0.2) is 13.1 Å². The molecule has 6 heteroatoms. The molecule has 5 nitrogen and oxygen atoms in total. The van der Waals surface area contributed by atoms with Crippen LogP contribution in [-0.2, 0) is 10.0 Å². The van der Waals surface area contributed by atoms with E-state index in [1.54, 1.807) is 6.92 Å². The van der Waals surface area contributed by atoms with Crippen molar-refractivity contribution in [1.82, 2.24) is 14.9 Å². The average Bonchev–Trinajstić information content (AvgIpc) is 2.33. The van der Waals surface area contributed by atoms with Crippen molar-refractivity contribution in [3.8, 4) is 0 Å². The molecule has 2 atom stereocenters. The topological polar surface area (TPSA) is 61.4 Å². The summed E-state index contributed by atoms with van der Waals surface area (Å²) in [7, 11) is -1.11. The molecule has 0 bridgehead atoms. The maximum absolute atomic E-state index is 12.1. The minimum Gasteiger partial charge on any atom is -0.313 e. The highest BCUT2D eigenvalue weighted by Gasteiger charge is 2.23. The Hall–Kier alpha value is -0.170. The van der Waals surface area contributed by atoms with Gasteiger partial charge in [0.05, 0.1) is 5.25 Å². The van der Waals surface area contributed by atoms with Crippen LogP contribution < -0.4 is 10.0 Å². The molecule has 1 aliphatic rings. The van der Waals surface area contributed by atoms with Gasteiger partial charge >= 0.3 is 0 Å². The number of nitrogens with one attached hydrogen (secondary N) is 2. The summed E-state index contributed by atoms with van der Waals surface area (Å²) in [6, 6.07) is 0.310. The first-order valence-electron chi connectivity index (χ1n) is 7.21. The van der Waals surface area contributed by atoms with E-state index < -0.39 is 15.3 Å². The molecule has 1 fully saturated rings. The fourth-order valence-electron chi connectivity index (χ4n) is 2.33. The van der Waals surface area contributed by atoms with Crippen molar-refractivity contribution in [2.24, 2.45) is 5.92 Å². The SMILES string of the molecule is CC(C)NCC(C)S(=O)(=O)NCC1CCCN(C)C1. The Bertz CT molecular complexity index is 357. The first kappa shape index (κ1) is 16.9. The Morgan fingerprint density at radius 3 is 2.58 bits per heavy atom. The third-order valence-corrected chi connectivity index (χ3v) is 5.43. The molecule has 0 aromatic heterocycles. The first-order valence-corrected chi connectivity index (χ1v) is 8.76. The molecular weight excluding hydrogens is 262 g/mol. The molecule has 1 aliphatic heterocycles. The van der Waals surface area contributed by atoms with E-state index in [1.165, 1.54) is 0 Å². The van der Waals surface area contributed by atoms with Gasteiger partial charge in [0, 0.05) is 25.7 Å². The van der Waals surface area contributed by atoms with E-state index in [0.717, 1.165) is 25.9 Å². The number of sulfonamides is 1. The minimum absolute atomic E-state index is 0.310. The standard InChI is InChI=1S/C13H29N3O2S/c1-11(2)14-8-12(3)19(17,18)15-9-13-6-5-7-16(4)10-13/h11-15H,5-10H2,1-4H3. The van der Waals surface area contributed by atoms with Gasteiger partial charge in [-0.1, -0.05) is 13.8 Å². The van der Waals surface area contributed by atoms with E-state index in [2.05, 4.69) is 22.0 Å². The molecule has 0 saturated carbocycles. The smallest absolute Gasteiger partial charge is 0.215 e. The van der Waals surface area contributed by atoms with Crippen LogP contribution in [0.25, 0.3) is 0 Å². The molecular formula is C13H29N3O2S. The highest BCUT2D eigenvalue weighted by molar-refractivity contribution is 7.90. The first-order chi connectivity index (χ1) is 8.81. The van der Waals surface area contributed by atoms with Crippen molar-refractivity contribution in [1.29, 1.82) is 0 Å². The molecule has 1 rings (SSSR count). The molecule has 1 heterocycles. The van der Waals surface area contributed by atoms with Crippen LogP contribution in [-0.4, -0.2) is 57.8 Å². The van der Waals surface area contributed by atoms with E-state index in [9.17, 15) is 8.42 Å². The molecule has 1 saturated heterocycles. The highest BCUT2D eigenvalue weighted by atomic mass is 32.2. The lowest BCUT2D eigenvalue weighted by Gasteiger charge is -2.30. The third kappa shape index (κ3) is 6.21. The lowest BCUT2D eigenvalue weighted by molar-refractivity contribution is 0.211. The Morgan fingerprint density at radius 1 is 1.32 bits per heavy atom. The average molecular weight is 291 g/mol. The van der Waals surface area contributed by atoms with Crippen LogP contribution in [0.5, 0.6) is 0 Å². The summed E-state index contributed by atoms with van der Waals surface area (Å²) < 4.78 is 27.0. The molecule has 19 heavy (non-hydrogen) atoms. The summed E-state index contributed by atoms with van der Waals surface area (Å²) in [5.74, 6) is 0.443. The van der Waals surface area contributed by atoms with Crippen molar-refractivity contribution >= 4 is 10.0 Å². The van der Waals surface area contributed by atoms with Crippen molar-refractivity contribution in [2.75, 3.05) is 33.2 Å². The summed E-state index contributed by atoms with van der Waals surface area (Å²) in [6.07, 6.45) is 2.28. The lowest BCUT2D eigenvalue weighted by Crippen LogP contribution is -2.44. The molecule has 0 aromatic carbocycles. The quantitative estimate of drug-likeness (QED) is 0.722. The zero-order valence-electron chi connectivity index (χ0n) is 12.6. The van der Waals surface area contributed by atoms with Crippen LogP contribution in [0.4, 0.5) is 0 Å². The van der Waals surface area contributed by atoms with Crippen LogP contribution in [0, 0.1) is 5.92 Å². The van der Waals surface area contributed by atoms with E-state index in [4.69, 9.17) is 0 Å². The second-order valence-corrected chi connectivity index (χ2v) is 8.22. The van der Waals surface area contributed by atoms with Crippen LogP contribution >= 0.6 is 0 Å². The monoisotopic (exact) mass is 291 g/mol. The van der Waals surface area contributed by atoms with Gasteiger partial charge in [0.25, 0.3) is 0 Å². The van der Waals surface area contributed by atoms with Crippen molar-refractivity contribution in [3.63, 3.8) is 0 Å². The number of hydrogen-bond acceptors (Lipinski definition) is 4. The Morgan fingerprint density at radius 2 is 2.00 bits per heavy atom. The molecule has 0 amide bonds. The Kier molecular flexibility index (Phi) is 6.73. The van der Waals surface area contributed by atoms with E-state index in [1.807, 2.05) is 13.8 Å². The summed E-state index contributed by atoms with van der Waals surface area (Å²) in [5, 5.41) is 2.78. The van der Waals surface area contributed by atoms with Gasteiger partial charge in [0.1, 0.15) is 0 Å². The van der Waals surface area contributed by atoms with Crippen molar-refractivity contribution in [2.45, 2.75) is 44.9 Å². The van der Waals surface area contributed by atoms with E-state index >= 15 is 0 Å². The molecule has 0 aromatic rings. The largest absolute Gasteiger partial charge is 0.313 e. The molecule has 2 N–H and O–H groups in total. The zero-order valence-corrected chi connectivity index (χ0v) is 13.5. The number of piperidine rings is 1. The molecule has 114 valence electrons. The minimum atomic E-state index is -3.20. The van der Waals surface area contributed by atoms with Gasteiger partial charge in [-0.3, -0.25) is 0 Å². The van der Waals surface area contributed by atoms with Gasteiger partial charge < -0.3 is 10.2 Å². The normalized spacial score (nSPS) is 23.7. The predicted octanol–water partition coefficient (Wildman–Crippen LogP) is 0.634. The third-order valence-electron chi connectivity index (χ3n) is 3.64. The molecule has 0 radical (unpaired) electrons. The van der Waals surface area contributed by atoms with Crippen molar-refractivity contribution < 1.29 is 8.42 Å². The number of nitrogens with zero attached hydrogens (tertiary/aromatic N) is 1. The van der Waals surface area contributed by atoms with E-state index in [0.29, 0.717) is 25.0 Å².